The van der Waals surface area contributed by atoms with Gasteiger partial charge in [-0.25, -0.2) is 13.6 Å². The Labute approximate surface area is 297 Å². The van der Waals surface area contributed by atoms with Gasteiger partial charge in [-0.2, -0.15) is 0 Å². The largest absolute Gasteiger partial charge is 0.480 e. The van der Waals surface area contributed by atoms with E-state index < -0.39 is 65.5 Å². The van der Waals surface area contributed by atoms with Crippen molar-refractivity contribution in [3.05, 3.63) is 83.7 Å². The Balaban J connectivity index is 1.81. The number of aromatic nitrogens is 1. The maximum atomic E-state index is 15.0. The van der Waals surface area contributed by atoms with Crippen LogP contribution in [0.15, 0.2) is 60.8 Å². The summed E-state index contributed by atoms with van der Waals surface area (Å²) in [7, 11) is 0. The van der Waals surface area contributed by atoms with Crippen LogP contribution in [-0.2, 0) is 25.7 Å². The zero-order valence-corrected chi connectivity index (χ0v) is 29.4. The number of carboxylic acids is 1. The van der Waals surface area contributed by atoms with Crippen molar-refractivity contribution in [3.63, 3.8) is 0 Å². The SMILES string of the molecule is CC(C)(C)[C@H](c1cc(-c2cc(F)ccc2F)cn1Cc1ccccc1)N(CC[C@H](N)C(=O)NCCC(=O)N[C@@H](CCCCN)C(=O)O)C(=O)CO. The zero-order valence-electron chi connectivity index (χ0n) is 29.4. The molecular weight excluding hydrogens is 662 g/mol. The fourth-order valence-electron chi connectivity index (χ4n) is 5.96. The van der Waals surface area contributed by atoms with Crippen LogP contribution in [0, 0.1) is 17.0 Å². The van der Waals surface area contributed by atoms with E-state index in [-0.39, 0.29) is 37.9 Å². The van der Waals surface area contributed by atoms with Gasteiger partial charge in [-0.1, -0.05) is 51.1 Å². The maximum absolute atomic E-state index is 15.0. The summed E-state index contributed by atoms with van der Waals surface area (Å²) in [5, 5.41) is 24.4. The van der Waals surface area contributed by atoms with Crippen molar-refractivity contribution in [2.75, 3.05) is 26.2 Å². The first-order valence-corrected chi connectivity index (χ1v) is 17.0. The Kier molecular flexibility index (Phi) is 15.3. The lowest BCUT2D eigenvalue weighted by molar-refractivity contribution is -0.142. The molecule has 0 aliphatic carbocycles. The Morgan fingerprint density at radius 1 is 1.00 bits per heavy atom. The second-order valence-corrected chi connectivity index (χ2v) is 13.6. The molecule has 14 heteroatoms. The van der Waals surface area contributed by atoms with Crippen LogP contribution >= 0.6 is 0 Å². The molecule has 1 heterocycles. The van der Waals surface area contributed by atoms with Crippen molar-refractivity contribution in [2.45, 2.75) is 77.5 Å². The van der Waals surface area contributed by atoms with Crippen LogP contribution in [0.5, 0.6) is 0 Å². The van der Waals surface area contributed by atoms with Gasteiger partial charge in [0, 0.05) is 49.1 Å². The third kappa shape index (κ3) is 12.0. The quantitative estimate of drug-likeness (QED) is 0.102. The molecule has 0 aliphatic heterocycles. The number of aliphatic hydroxyl groups excluding tert-OH is 1. The lowest BCUT2D eigenvalue weighted by Crippen LogP contribution is -2.48. The van der Waals surface area contributed by atoms with Gasteiger partial charge in [0.1, 0.15) is 24.3 Å². The Hall–Kier alpha value is -4.66. The number of rotatable bonds is 19. The van der Waals surface area contributed by atoms with Crippen LogP contribution in [0.1, 0.15) is 70.2 Å². The van der Waals surface area contributed by atoms with Gasteiger partial charge in [-0.05, 0) is 67.5 Å². The van der Waals surface area contributed by atoms with E-state index in [1.54, 1.807) is 12.3 Å². The van der Waals surface area contributed by atoms with Crippen LogP contribution in [0.3, 0.4) is 0 Å². The molecule has 2 aromatic carbocycles. The smallest absolute Gasteiger partial charge is 0.326 e. The minimum absolute atomic E-state index is 0.0106. The molecule has 3 amide bonds. The van der Waals surface area contributed by atoms with Gasteiger partial charge in [-0.3, -0.25) is 14.4 Å². The fourth-order valence-corrected chi connectivity index (χ4v) is 5.96. The molecule has 0 bridgehead atoms. The minimum Gasteiger partial charge on any atom is -0.480 e. The summed E-state index contributed by atoms with van der Waals surface area (Å²) in [6, 6.07) is 11.5. The molecule has 12 nitrogen and oxygen atoms in total. The standard InChI is InChI=1S/C37H50F2N6O6/c1-37(2,3)34(31-19-25(27-20-26(38)12-13-28(27)39)22-44(31)21-24-9-5-4-6-10-24)45(33(48)23-46)18-15-29(41)35(49)42-17-14-32(47)43-30(36(50)51)11-7-8-16-40/h4-6,9-10,12-13,19-20,22,29-30,34,46H,7-8,11,14-18,21,23,40-41H2,1-3H3,(H,42,49)(H,43,47)(H,50,51)/t29-,30-,34-/m0/s1. The number of nitrogens with two attached hydrogens (primary N) is 2. The number of amides is 3. The molecule has 0 saturated carbocycles. The number of aliphatic carboxylic acids is 1. The first-order chi connectivity index (χ1) is 24.2. The highest BCUT2D eigenvalue weighted by Crippen LogP contribution is 2.41. The van der Waals surface area contributed by atoms with Gasteiger partial charge in [0.2, 0.25) is 17.7 Å². The molecule has 3 aromatic rings. The van der Waals surface area contributed by atoms with Gasteiger partial charge >= 0.3 is 5.97 Å². The summed E-state index contributed by atoms with van der Waals surface area (Å²) in [5.41, 5.74) is 13.0. The highest BCUT2D eigenvalue weighted by Gasteiger charge is 2.37. The molecule has 1 aromatic heterocycles. The topological polar surface area (TPSA) is 193 Å². The molecule has 0 radical (unpaired) electrons. The predicted molar refractivity (Wildman–Crippen MR) is 189 cm³/mol. The van der Waals surface area contributed by atoms with E-state index in [0.29, 0.717) is 37.2 Å². The van der Waals surface area contributed by atoms with Gasteiger partial charge in [0.05, 0.1) is 12.1 Å². The molecule has 0 saturated heterocycles. The van der Waals surface area contributed by atoms with Crippen molar-refractivity contribution >= 4 is 23.7 Å². The average Bonchev–Trinajstić information content (AvgIpc) is 3.48. The number of hydrogen-bond donors (Lipinski definition) is 6. The second kappa shape index (κ2) is 19.1. The normalized spacial score (nSPS) is 13.3. The van der Waals surface area contributed by atoms with Crippen LogP contribution in [0.4, 0.5) is 8.78 Å². The first kappa shape index (κ1) is 40.8. The number of halogens is 2. The van der Waals surface area contributed by atoms with Crippen molar-refractivity contribution in [2.24, 2.45) is 16.9 Å². The summed E-state index contributed by atoms with van der Waals surface area (Å²) < 4.78 is 31.1. The van der Waals surface area contributed by atoms with Crippen molar-refractivity contribution in [1.29, 1.82) is 0 Å². The molecule has 8 N–H and O–H groups in total. The lowest BCUT2D eigenvalue weighted by atomic mass is 9.82. The number of hydrogen-bond acceptors (Lipinski definition) is 7. The Bertz CT molecular complexity index is 1630. The number of carbonyl (C=O) groups is 4. The van der Waals surface area contributed by atoms with E-state index in [0.717, 1.165) is 23.8 Å². The Morgan fingerprint density at radius 3 is 2.33 bits per heavy atom. The summed E-state index contributed by atoms with van der Waals surface area (Å²) in [6.07, 6.45) is 2.91. The Morgan fingerprint density at radius 2 is 1.71 bits per heavy atom. The van der Waals surface area contributed by atoms with E-state index >= 15 is 0 Å². The van der Waals surface area contributed by atoms with Crippen molar-refractivity contribution in [1.82, 2.24) is 20.1 Å². The predicted octanol–water partition coefficient (Wildman–Crippen LogP) is 3.31. The number of carboxylic acid groups (broad SMARTS) is 1. The summed E-state index contributed by atoms with van der Waals surface area (Å²) >= 11 is 0. The highest BCUT2D eigenvalue weighted by atomic mass is 19.1. The van der Waals surface area contributed by atoms with Crippen LogP contribution in [0.2, 0.25) is 0 Å². The van der Waals surface area contributed by atoms with E-state index in [2.05, 4.69) is 10.6 Å². The number of carbonyl (C=O) groups excluding carboxylic acids is 3. The van der Waals surface area contributed by atoms with Crippen LogP contribution in [0.25, 0.3) is 11.1 Å². The molecule has 51 heavy (non-hydrogen) atoms. The summed E-state index contributed by atoms with van der Waals surface area (Å²) in [5.74, 6) is -4.14. The number of aliphatic hydroxyl groups is 1. The first-order valence-electron chi connectivity index (χ1n) is 17.0. The third-order valence-corrected chi connectivity index (χ3v) is 8.48. The monoisotopic (exact) mass is 712 g/mol. The number of unbranched alkanes of at least 4 members (excludes halogenated alkanes) is 1. The van der Waals surface area contributed by atoms with E-state index in [9.17, 15) is 38.2 Å². The summed E-state index contributed by atoms with van der Waals surface area (Å²) in [4.78, 5) is 51.6. The van der Waals surface area contributed by atoms with Gasteiger partial charge in [0.25, 0.3) is 0 Å². The zero-order chi connectivity index (χ0) is 37.7. The third-order valence-electron chi connectivity index (χ3n) is 8.48. The van der Waals surface area contributed by atoms with Gasteiger partial charge in [0.15, 0.2) is 0 Å². The van der Waals surface area contributed by atoms with Crippen molar-refractivity contribution < 1.29 is 38.2 Å². The molecule has 0 aliphatic rings. The molecule has 0 fully saturated rings. The summed E-state index contributed by atoms with van der Waals surface area (Å²) in [6.45, 7) is 5.52. The van der Waals surface area contributed by atoms with Crippen molar-refractivity contribution in [3.8, 4) is 11.1 Å². The molecule has 3 rings (SSSR count). The molecule has 278 valence electrons. The highest BCUT2D eigenvalue weighted by molar-refractivity contribution is 5.85. The maximum Gasteiger partial charge on any atom is 0.326 e. The molecule has 0 spiro atoms. The molecule has 3 atom stereocenters. The molecular formula is C37H50F2N6O6. The number of benzene rings is 2. The van der Waals surface area contributed by atoms with E-state index in [1.807, 2.05) is 55.7 Å². The van der Waals surface area contributed by atoms with Gasteiger partial charge < -0.3 is 41.8 Å². The fraction of sp³-hybridized carbons (Fsp3) is 0.459. The molecule has 0 unspecified atom stereocenters. The van der Waals surface area contributed by atoms with Gasteiger partial charge in [-0.15, -0.1) is 0 Å². The van der Waals surface area contributed by atoms with Crippen LogP contribution < -0.4 is 22.1 Å². The second-order valence-electron chi connectivity index (χ2n) is 13.6. The van der Waals surface area contributed by atoms with E-state index in [1.165, 1.54) is 4.90 Å². The van der Waals surface area contributed by atoms with Crippen LogP contribution in [-0.4, -0.2) is 81.7 Å². The minimum atomic E-state index is -1.16. The number of nitrogens with zero attached hydrogens (tertiary/aromatic N) is 2. The lowest BCUT2D eigenvalue weighted by Gasteiger charge is -2.41. The van der Waals surface area contributed by atoms with E-state index in [4.69, 9.17) is 11.5 Å². The number of nitrogens with one attached hydrogen (secondary N) is 2. The average molecular weight is 713 g/mol.